The highest BCUT2D eigenvalue weighted by molar-refractivity contribution is 5.61. The largest absolute Gasteiger partial charge is 0.492 e. The molecule has 3 N–H and O–H groups in total. The number of nitrogens with one attached hydrogen (secondary N) is 1. The van der Waals surface area contributed by atoms with E-state index < -0.39 is 0 Å². The van der Waals surface area contributed by atoms with Crippen LogP contribution in [0.4, 0.5) is 11.4 Å². The van der Waals surface area contributed by atoms with Crippen LogP contribution in [0.2, 0.25) is 0 Å². The second-order valence-corrected chi connectivity index (χ2v) is 4.58. The first kappa shape index (κ1) is 12.0. The van der Waals surface area contributed by atoms with Crippen LogP contribution in [0.3, 0.4) is 0 Å². The van der Waals surface area contributed by atoms with Gasteiger partial charge in [0.2, 0.25) is 0 Å². The van der Waals surface area contributed by atoms with Crippen molar-refractivity contribution in [2.45, 2.75) is 19.4 Å². The molecule has 0 spiro atoms. The van der Waals surface area contributed by atoms with Crippen LogP contribution in [0.25, 0.3) is 0 Å². The van der Waals surface area contributed by atoms with Crippen LogP contribution in [0.5, 0.6) is 5.75 Å². The lowest BCUT2D eigenvalue weighted by Crippen LogP contribution is -2.23. The first-order chi connectivity index (χ1) is 8.19. The van der Waals surface area contributed by atoms with E-state index >= 15 is 0 Å². The SMILES string of the molecule is CCOc1cc(NC2CCN(C)C2)ccc1N. The minimum atomic E-state index is 0.526. The Morgan fingerprint density at radius 1 is 1.53 bits per heavy atom. The van der Waals surface area contributed by atoms with Gasteiger partial charge in [-0.05, 0) is 39.1 Å². The van der Waals surface area contributed by atoms with E-state index in [-0.39, 0.29) is 0 Å². The van der Waals surface area contributed by atoms with Gasteiger partial charge in [0.25, 0.3) is 0 Å². The first-order valence-corrected chi connectivity index (χ1v) is 6.16. The normalized spacial score (nSPS) is 20.5. The summed E-state index contributed by atoms with van der Waals surface area (Å²) in [6, 6.07) is 6.41. The van der Waals surface area contributed by atoms with Crippen molar-refractivity contribution in [3.63, 3.8) is 0 Å². The Labute approximate surface area is 103 Å². The quantitative estimate of drug-likeness (QED) is 0.781. The standard InChI is InChI=1S/C13H21N3O/c1-3-17-13-8-10(4-5-12(13)14)15-11-6-7-16(2)9-11/h4-5,8,11,15H,3,6-7,9,14H2,1-2H3. The molecule has 0 aromatic heterocycles. The van der Waals surface area contributed by atoms with Crippen LogP contribution >= 0.6 is 0 Å². The number of nitrogen functional groups attached to an aromatic ring is 1. The molecule has 0 aliphatic carbocycles. The molecule has 1 saturated heterocycles. The third kappa shape index (κ3) is 3.03. The summed E-state index contributed by atoms with van der Waals surface area (Å²) in [6.07, 6.45) is 1.19. The van der Waals surface area contributed by atoms with E-state index in [1.54, 1.807) is 0 Å². The van der Waals surface area contributed by atoms with Gasteiger partial charge in [-0.2, -0.15) is 0 Å². The molecule has 94 valence electrons. The minimum Gasteiger partial charge on any atom is -0.492 e. The van der Waals surface area contributed by atoms with Crippen molar-refractivity contribution in [1.29, 1.82) is 0 Å². The Kier molecular flexibility index (Phi) is 3.74. The molecular weight excluding hydrogens is 214 g/mol. The number of ether oxygens (including phenoxy) is 1. The van der Waals surface area contributed by atoms with Crippen molar-refractivity contribution in [2.24, 2.45) is 0 Å². The van der Waals surface area contributed by atoms with Crippen molar-refractivity contribution in [1.82, 2.24) is 4.90 Å². The molecule has 1 aliphatic heterocycles. The molecule has 1 aromatic carbocycles. The molecule has 1 fully saturated rings. The van der Waals surface area contributed by atoms with Gasteiger partial charge >= 0.3 is 0 Å². The number of anilines is 2. The lowest BCUT2D eigenvalue weighted by molar-refractivity contribution is 0.342. The van der Waals surface area contributed by atoms with E-state index in [4.69, 9.17) is 10.5 Å². The second-order valence-electron chi connectivity index (χ2n) is 4.58. The number of nitrogens with two attached hydrogens (primary N) is 1. The van der Waals surface area contributed by atoms with Crippen LogP contribution in [0.1, 0.15) is 13.3 Å². The number of hydrogen-bond donors (Lipinski definition) is 2. The van der Waals surface area contributed by atoms with Crippen LogP contribution < -0.4 is 15.8 Å². The first-order valence-electron chi connectivity index (χ1n) is 6.16. The number of nitrogens with zero attached hydrogens (tertiary/aromatic N) is 1. The topological polar surface area (TPSA) is 50.5 Å². The number of hydrogen-bond acceptors (Lipinski definition) is 4. The van der Waals surface area contributed by atoms with Gasteiger partial charge in [0.1, 0.15) is 5.75 Å². The van der Waals surface area contributed by atoms with Crippen molar-refractivity contribution in [2.75, 3.05) is 37.8 Å². The zero-order valence-corrected chi connectivity index (χ0v) is 10.6. The zero-order valence-electron chi connectivity index (χ0n) is 10.6. The summed E-state index contributed by atoms with van der Waals surface area (Å²) >= 11 is 0. The molecule has 0 amide bonds. The van der Waals surface area contributed by atoms with Gasteiger partial charge in [0.05, 0.1) is 12.3 Å². The van der Waals surface area contributed by atoms with Gasteiger partial charge in [-0.1, -0.05) is 0 Å². The third-order valence-electron chi connectivity index (χ3n) is 3.08. The van der Waals surface area contributed by atoms with E-state index in [1.165, 1.54) is 6.42 Å². The van der Waals surface area contributed by atoms with Gasteiger partial charge in [0.15, 0.2) is 0 Å². The third-order valence-corrected chi connectivity index (χ3v) is 3.08. The average Bonchev–Trinajstić information content (AvgIpc) is 2.69. The van der Waals surface area contributed by atoms with Gasteiger partial charge in [0, 0.05) is 24.3 Å². The molecule has 1 heterocycles. The molecule has 17 heavy (non-hydrogen) atoms. The Bertz CT molecular complexity index is 381. The summed E-state index contributed by atoms with van der Waals surface area (Å²) < 4.78 is 5.49. The molecule has 1 unspecified atom stereocenters. The maximum atomic E-state index is 5.84. The predicted octanol–water partition coefficient (Wildman–Crippen LogP) is 1.78. The monoisotopic (exact) mass is 235 g/mol. The number of rotatable bonds is 4. The van der Waals surface area contributed by atoms with E-state index in [0.717, 1.165) is 24.5 Å². The van der Waals surface area contributed by atoms with Gasteiger partial charge in [-0.25, -0.2) is 0 Å². The molecular formula is C13H21N3O. The molecule has 1 aromatic rings. The van der Waals surface area contributed by atoms with Crippen LogP contribution in [0.15, 0.2) is 18.2 Å². The fourth-order valence-electron chi connectivity index (χ4n) is 2.19. The van der Waals surface area contributed by atoms with Gasteiger partial charge < -0.3 is 20.7 Å². The van der Waals surface area contributed by atoms with E-state index in [1.807, 2.05) is 25.1 Å². The summed E-state index contributed by atoms with van der Waals surface area (Å²) in [5.74, 6) is 0.767. The van der Waals surface area contributed by atoms with Crippen LogP contribution in [0, 0.1) is 0 Å². The lowest BCUT2D eigenvalue weighted by Gasteiger charge is -2.16. The number of benzene rings is 1. The van der Waals surface area contributed by atoms with Crippen molar-refractivity contribution >= 4 is 11.4 Å². The summed E-state index contributed by atoms with van der Waals surface area (Å²) in [7, 11) is 2.15. The summed E-state index contributed by atoms with van der Waals surface area (Å²) in [5, 5.41) is 3.52. The van der Waals surface area contributed by atoms with E-state index in [0.29, 0.717) is 18.3 Å². The fraction of sp³-hybridized carbons (Fsp3) is 0.538. The van der Waals surface area contributed by atoms with E-state index in [9.17, 15) is 0 Å². The Balaban J connectivity index is 2.03. The van der Waals surface area contributed by atoms with Crippen molar-refractivity contribution in [3.05, 3.63) is 18.2 Å². The molecule has 1 atom stereocenters. The Morgan fingerprint density at radius 3 is 3.00 bits per heavy atom. The fourth-order valence-corrected chi connectivity index (χ4v) is 2.19. The summed E-state index contributed by atoms with van der Waals surface area (Å²) in [6.45, 7) is 4.85. The van der Waals surface area contributed by atoms with Crippen LogP contribution in [-0.2, 0) is 0 Å². The maximum Gasteiger partial charge on any atom is 0.144 e. The molecule has 0 bridgehead atoms. The highest BCUT2D eigenvalue weighted by atomic mass is 16.5. The van der Waals surface area contributed by atoms with Crippen molar-refractivity contribution in [3.8, 4) is 5.75 Å². The molecule has 0 saturated carbocycles. The van der Waals surface area contributed by atoms with E-state index in [2.05, 4.69) is 17.3 Å². The summed E-state index contributed by atoms with van der Waals surface area (Å²) in [4.78, 5) is 2.33. The second kappa shape index (κ2) is 5.27. The van der Waals surface area contributed by atoms with Gasteiger partial charge in [-0.15, -0.1) is 0 Å². The van der Waals surface area contributed by atoms with Gasteiger partial charge in [-0.3, -0.25) is 0 Å². The lowest BCUT2D eigenvalue weighted by atomic mass is 10.2. The Hall–Kier alpha value is -1.42. The average molecular weight is 235 g/mol. The molecule has 4 nitrogen and oxygen atoms in total. The maximum absolute atomic E-state index is 5.84. The van der Waals surface area contributed by atoms with Crippen molar-refractivity contribution < 1.29 is 4.74 Å². The van der Waals surface area contributed by atoms with Crippen LogP contribution in [-0.4, -0.2) is 37.7 Å². The predicted molar refractivity (Wildman–Crippen MR) is 71.5 cm³/mol. The number of likely N-dealkylation sites (N-methyl/N-ethyl adjacent to an activating group) is 1. The molecule has 1 aliphatic rings. The minimum absolute atomic E-state index is 0.526. The smallest absolute Gasteiger partial charge is 0.144 e. The molecule has 4 heteroatoms. The molecule has 0 radical (unpaired) electrons. The molecule has 2 rings (SSSR count). The highest BCUT2D eigenvalue weighted by Crippen LogP contribution is 2.26. The number of likely N-dealkylation sites (tertiary alicyclic amines) is 1. The highest BCUT2D eigenvalue weighted by Gasteiger charge is 2.19. The summed E-state index contributed by atoms with van der Waals surface area (Å²) in [5.41, 5.74) is 7.63. The zero-order chi connectivity index (χ0) is 12.3. The Morgan fingerprint density at radius 2 is 2.35 bits per heavy atom.